The lowest BCUT2D eigenvalue weighted by molar-refractivity contribution is -0.138. The summed E-state index contributed by atoms with van der Waals surface area (Å²) >= 11 is 0. The quantitative estimate of drug-likeness (QED) is 0.595. The van der Waals surface area contributed by atoms with Crippen molar-refractivity contribution in [1.82, 2.24) is 19.9 Å². The summed E-state index contributed by atoms with van der Waals surface area (Å²) in [6.45, 7) is 1.99. The Balaban J connectivity index is 1.36. The third-order valence-corrected chi connectivity index (χ3v) is 5.30. The van der Waals surface area contributed by atoms with Crippen molar-refractivity contribution in [1.29, 1.82) is 0 Å². The molecule has 168 valence electrons. The Morgan fingerprint density at radius 3 is 2.41 bits per heavy atom. The summed E-state index contributed by atoms with van der Waals surface area (Å²) in [4.78, 5) is 20.6. The van der Waals surface area contributed by atoms with Gasteiger partial charge in [0.1, 0.15) is 5.75 Å². The summed E-state index contributed by atoms with van der Waals surface area (Å²) in [6, 6.07) is 12.1. The number of methoxy groups -OCH3 is 1. The normalized spacial score (nSPS) is 15.1. The first kappa shape index (κ1) is 21.8. The maximum Gasteiger partial charge on any atom is 0.417 e. The molecule has 0 radical (unpaired) electrons. The molecule has 1 aliphatic rings. The Hall–Kier alpha value is -3.40. The summed E-state index contributed by atoms with van der Waals surface area (Å²) in [6.07, 6.45) is -4.58. The van der Waals surface area contributed by atoms with E-state index in [-0.39, 0.29) is 5.56 Å². The van der Waals surface area contributed by atoms with Gasteiger partial charge in [0, 0.05) is 31.7 Å². The molecule has 2 heterocycles. The van der Waals surface area contributed by atoms with E-state index in [1.165, 1.54) is 23.1 Å². The Kier molecular flexibility index (Phi) is 6.13. The lowest BCUT2D eigenvalue weighted by Gasteiger charge is -2.34. The average Bonchev–Trinajstić information content (AvgIpc) is 3.27. The van der Waals surface area contributed by atoms with Crippen LogP contribution in [0.3, 0.4) is 0 Å². The molecule has 0 atom stereocenters. The Morgan fingerprint density at radius 1 is 1.06 bits per heavy atom. The zero-order chi connectivity index (χ0) is 22.7. The second kappa shape index (κ2) is 8.99. The number of piperazine rings is 1. The van der Waals surface area contributed by atoms with Crippen LogP contribution in [-0.2, 0) is 12.7 Å². The van der Waals surface area contributed by atoms with Crippen LogP contribution in [0.15, 0.2) is 53.1 Å². The van der Waals surface area contributed by atoms with Gasteiger partial charge >= 0.3 is 6.18 Å². The number of amides is 1. The third kappa shape index (κ3) is 4.75. The molecule has 10 heteroatoms. The molecule has 0 saturated carbocycles. The molecule has 0 N–H and O–H groups in total. The number of hydrogen-bond donors (Lipinski definition) is 0. The fraction of sp³-hybridized carbons (Fsp3) is 0.318. The SMILES string of the molecule is COc1ccc(-c2noc(CN3CCN(C(=O)c4ccccc4C(F)(F)F)CC3)n2)cc1. The van der Waals surface area contributed by atoms with Gasteiger partial charge in [0.25, 0.3) is 5.91 Å². The highest BCUT2D eigenvalue weighted by Gasteiger charge is 2.36. The molecule has 7 nitrogen and oxygen atoms in total. The van der Waals surface area contributed by atoms with E-state index in [2.05, 4.69) is 10.1 Å². The first-order chi connectivity index (χ1) is 15.3. The van der Waals surface area contributed by atoms with Crippen LogP contribution in [0.1, 0.15) is 21.8 Å². The molecule has 4 rings (SSSR count). The summed E-state index contributed by atoms with van der Waals surface area (Å²) in [7, 11) is 1.59. The Labute approximate surface area is 182 Å². The second-order valence-electron chi connectivity index (χ2n) is 7.35. The lowest BCUT2D eigenvalue weighted by atomic mass is 10.1. The number of rotatable bonds is 5. The molecular weight excluding hydrogens is 425 g/mol. The van der Waals surface area contributed by atoms with Gasteiger partial charge in [0.15, 0.2) is 0 Å². The maximum atomic E-state index is 13.2. The smallest absolute Gasteiger partial charge is 0.417 e. The largest absolute Gasteiger partial charge is 0.497 e. The molecule has 1 saturated heterocycles. The van der Waals surface area contributed by atoms with E-state index in [1.54, 1.807) is 19.2 Å². The van der Waals surface area contributed by atoms with Gasteiger partial charge in [-0.05, 0) is 36.4 Å². The number of alkyl halides is 3. The van der Waals surface area contributed by atoms with Gasteiger partial charge in [-0.25, -0.2) is 0 Å². The van der Waals surface area contributed by atoms with E-state index < -0.39 is 17.6 Å². The molecule has 32 heavy (non-hydrogen) atoms. The van der Waals surface area contributed by atoms with Gasteiger partial charge in [-0.3, -0.25) is 9.69 Å². The van der Waals surface area contributed by atoms with E-state index in [0.717, 1.165) is 17.4 Å². The van der Waals surface area contributed by atoms with Crippen molar-refractivity contribution < 1.29 is 27.2 Å². The zero-order valence-electron chi connectivity index (χ0n) is 17.3. The first-order valence-corrected chi connectivity index (χ1v) is 10.00. The number of aromatic nitrogens is 2. The van der Waals surface area contributed by atoms with Crippen molar-refractivity contribution in [2.24, 2.45) is 0 Å². The summed E-state index contributed by atoms with van der Waals surface area (Å²) in [5.74, 6) is 0.998. The summed E-state index contributed by atoms with van der Waals surface area (Å²) < 4.78 is 50.2. The molecule has 0 unspecified atom stereocenters. The van der Waals surface area contributed by atoms with Crippen LogP contribution >= 0.6 is 0 Å². The second-order valence-corrected chi connectivity index (χ2v) is 7.35. The van der Waals surface area contributed by atoms with Crippen molar-refractivity contribution in [2.45, 2.75) is 12.7 Å². The maximum absolute atomic E-state index is 13.2. The fourth-order valence-corrected chi connectivity index (χ4v) is 3.56. The number of halogens is 3. The Morgan fingerprint density at radius 2 is 1.75 bits per heavy atom. The van der Waals surface area contributed by atoms with Crippen molar-refractivity contribution in [3.05, 3.63) is 65.5 Å². The van der Waals surface area contributed by atoms with Gasteiger partial charge in [0.05, 0.1) is 24.8 Å². The zero-order valence-corrected chi connectivity index (χ0v) is 17.3. The van der Waals surface area contributed by atoms with E-state index >= 15 is 0 Å². The minimum atomic E-state index is -4.58. The van der Waals surface area contributed by atoms with Crippen molar-refractivity contribution in [2.75, 3.05) is 33.3 Å². The molecule has 2 aromatic carbocycles. The molecule has 1 aliphatic heterocycles. The van der Waals surface area contributed by atoms with E-state index in [4.69, 9.17) is 9.26 Å². The number of carbonyl (C=O) groups is 1. The number of benzene rings is 2. The Bertz CT molecular complexity index is 1070. The van der Waals surface area contributed by atoms with Crippen LogP contribution in [0, 0.1) is 0 Å². The predicted molar refractivity (Wildman–Crippen MR) is 109 cm³/mol. The molecule has 3 aromatic rings. The van der Waals surface area contributed by atoms with Crippen molar-refractivity contribution in [3.8, 4) is 17.1 Å². The topological polar surface area (TPSA) is 71.7 Å². The van der Waals surface area contributed by atoms with Gasteiger partial charge in [-0.1, -0.05) is 17.3 Å². The van der Waals surface area contributed by atoms with Crippen molar-refractivity contribution >= 4 is 5.91 Å². The van der Waals surface area contributed by atoms with E-state index in [1.807, 2.05) is 17.0 Å². The highest BCUT2D eigenvalue weighted by molar-refractivity contribution is 5.96. The first-order valence-electron chi connectivity index (χ1n) is 10.00. The fourth-order valence-electron chi connectivity index (χ4n) is 3.56. The number of ether oxygens (including phenoxy) is 1. The van der Waals surface area contributed by atoms with Crippen molar-refractivity contribution in [3.63, 3.8) is 0 Å². The highest BCUT2D eigenvalue weighted by atomic mass is 19.4. The van der Waals surface area contributed by atoms with Gasteiger partial charge in [-0.2, -0.15) is 18.2 Å². The van der Waals surface area contributed by atoms with Gasteiger partial charge in [0.2, 0.25) is 11.7 Å². The van der Waals surface area contributed by atoms with Crippen LogP contribution in [-0.4, -0.2) is 59.1 Å². The van der Waals surface area contributed by atoms with E-state index in [9.17, 15) is 18.0 Å². The number of carbonyl (C=O) groups excluding carboxylic acids is 1. The average molecular weight is 446 g/mol. The molecule has 1 amide bonds. The van der Waals surface area contributed by atoms with Crippen LogP contribution in [0.2, 0.25) is 0 Å². The van der Waals surface area contributed by atoms with Crippen LogP contribution < -0.4 is 4.74 Å². The van der Waals surface area contributed by atoms with Crippen LogP contribution in [0.4, 0.5) is 13.2 Å². The summed E-state index contributed by atoms with van der Waals surface area (Å²) in [5, 5.41) is 4.00. The monoisotopic (exact) mass is 446 g/mol. The number of nitrogens with zero attached hydrogens (tertiary/aromatic N) is 4. The molecule has 0 aliphatic carbocycles. The molecule has 1 fully saturated rings. The van der Waals surface area contributed by atoms with Crippen LogP contribution in [0.25, 0.3) is 11.4 Å². The molecule has 0 spiro atoms. The standard InChI is InChI=1S/C22H21F3N4O3/c1-31-16-8-6-15(7-9-16)20-26-19(32-27-20)14-28-10-12-29(13-11-28)21(30)17-4-2-3-5-18(17)22(23,24)25/h2-9H,10-14H2,1H3. The van der Waals surface area contributed by atoms with Gasteiger partial charge < -0.3 is 14.2 Å². The predicted octanol–water partition coefficient (Wildman–Crippen LogP) is 3.72. The minimum absolute atomic E-state index is 0.310. The van der Waals surface area contributed by atoms with Gasteiger partial charge in [-0.15, -0.1) is 0 Å². The van der Waals surface area contributed by atoms with Crippen LogP contribution in [0.5, 0.6) is 5.75 Å². The lowest BCUT2D eigenvalue weighted by Crippen LogP contribution is -2.48. The molecular formula is C22H21F3N4O3. The highest BCUT2D eigenvalue weighted by Crippen LogP contribution is 2.32. The van der Waals surface area contributed by atoms with E-state index in [0.29, 0.717) is 44.4 Å². The minimum Gasteiger partial charge on any atom is -0.497 e. The third-order valence-electron chi connectivity index (χ3n) is 5.30. The number of hydrogen-bond acceptors (Lipinski definition) is 6. The molecule has 0 bridgehead atoms. The summed E-state index contributed by atoms with van der Waals surface area (Å²) in [5.41, 5.74) is -0.446. The molecule has 1 aromatic heterocycles.